The number of rotatable bonds is 5. The van der Waals surface area contributed by atoms with Crippen LogP contribution >= 0.6 is 0 Å². The van der Waals surface area contributed by atoms with Crippen LogP contribution in [0.15, 0.2) is 21.5 Å². The molecule has 6 heteroatoms. The second-order valence-corrected chi connectivity index (χ2v) is 5.63. The molecule has 1 saturated heterocycles. The average Bonchev–Trinajstić information content (AvgIpc) is 3.10. The largest absolute Gasteiger partial charge is 0.463 e. The molecule has 2 heterocycles. The molecule has 0 saturated carbocycles. The van der Waals surface area contributed by atoms with Gasteiger partial charge in [-0.15, -0.1) is 0 Å². The van der Waals surface area contributed by atoms with Crippen LogP contribution in [0.5, 0.6) is 0 Å². The normalized spacial score (nSPS) is 22.1. The monoisotopic (exact) mass is 295 g/mol. The number of nitrogens with one attached hydrogen (secondary N) is 2. The molecule has 3 N–H and O–H groups in total. The molecule has 1 aliphatic rings. The van der Waals surface area contributed by atoms with Gasteiger partial charge in [-0.1, -0.05) is 0 Å². The van der Waals surface area contributed by atoms with Crippen LogP contribution in [0.3, 0.4) is 0 Å². The summed E-state index contributed by atoms with van der Waals surface area (Å²) in [7, 11) is 1.70. The van der Waals surface area contributed by atoms with Gasteiger partial charge in [-0.2, -0.15) is 0 Å². The molecule has 0 aromatic carbocycles. The van der Waals surface area contributed by atoms with Crippen molar-refractivity contribution in [2.24, 2.45) is 4.99 Å². The topological polar surface area (TPSA) is 79.0 Å². The molecule has 2 rings (SSSR count). The molecule has 1 aliphatic heterocycles. The van der Waals surface area contributed by atoms with Crippen molar-refractivity contribution in [1.29, 1.82) is 0 Å². The van der Waals surface area contributed by atoms with E-state index in [4.69, 9.17) is 9.15 Å². The minimum absolute atomic E-state index is 0.247. The Balaban J connectivity index is 1.81. The van der Waals surface area contributed by atoms with E-state index in [-0.39, 0.29) is 6.10 Å². The number of ether oxygens (including phenoxy) is 1. The number of hydrogen-bond acceptors (Lipinski definition) is 4. The lowest BCUT2D eigenvalue weighted by Gasteiger charge is -2.23. The summed E-state index contributed by atoms with van der Waals surface area (Å²) < 4.78 is 11.0. The lowest BCUT2D eigenvalue weighted by molar-refractivity contribution is 0.0377. The molecule has 0 radical (unpaired) electrons. The Labute approximate surface area is 125 Å². The number of aryl methyl sites for hydroxylation is 1. The summed E-state index contributed by atoms with van der Waals surface area (Å²) in [6.07, 6.45) is 2.44. The van der Waals surface area contributed by atoms with Crippen molar-refractivity contribution in [3.63, 3.8) is 0 Å². The van der Waals surface area contributed by atoms with Crippen molar-refractivity contribution in [3.8, 4) is 0 Å². The summed E-state index contributed by atoms with van der Waals surface area (Å²) >= 11 is 0. The second kappa shape index (κ2) is 6.95. The predicted molar refractivity (Wildman–Crippen MR) is 81.4 cm³/mol. The Hall–Kier alpha value is -1.53. The van der Waals surface area contributed by atoms with Crippen LogP contribution in [0.25, 0.3) is 0 Å². The highest BCUT2D eigenvalue weighted by Gasteiger charge is 2.27. The van der Waals surface area contributed by atoms with E-state index in [0.717, 1.165) is 31.8 Å². The highest BCUT2D eigenvalue weighted by Crippen LogP contribution is 2.21. The van der Waals surface area contributed by atoms with Crippen LogP contribution in [-0.4, -0.2) is 43.9 Å². The SMILES string of the molecule is CN=C(NCC1CCCO1)NCC(C)(O)c1ccc(C)o1. The maximum Gasteiger partial charge on any atom is 0.191 e. The molecule has 1 fully saturated rings. The van der Waals surface area contributed by atoms with E-state index in [1.165, 1.54) is 0 Å². The van der Waals surface area contributed by atoms with Gasteiger partial charge in [0.1, 0.15) is 17.1 Å². The fourth-order valence-electron chi connectivity index (χ4n) is 2.30. The zero-order valence-electron chi connectivity index (χ0n) is 13.0. The van der Waals surface area contributed by atoms with Crippen LogP contribution in [0.1, 0.15) is 31.3 Å². The van der Waals surface area contributed by atoms with Crippen LogP contribution < -0.4 is 10.6 Å². The second-order valence-electron chi connectivity index (χ2n) is 5.63. The van der Waals surface area contributed by atoms with E-state index in [1.807, 2.05) is 13.0 Å². The number of hydrogen-bond donors (Lipinski definition) is 3. The molecule has 1 aromatic heterocycles. The third-order valence-electron chi connectivity index (χ3n) is 3.62. The Kier molecular flexibility index (Phi) is 5.25. The first-order chi connectivity index (χ1) is 10.0. The quantitative estimate of drug-likeness (QED) is 0.561. The van der Waals surface area contributed by atoms with Gasteiger partial charge in [0.05, 0.1) is 12.6 Å². The summed E-state index contributed by atoms with van der Waals surface area (Å²) in [5.74, 6) is 1.97. The summed E-state index contributed by atoms with van der Waals surface area (Å²) in [5.41, 5.74) is -1.09. The third-order valence-corrected chi connectivity index (χ3v) is 3.62. The zero-order valence-corrected chi connectivity index (χ0v) is 13.0. The number of aliphatic imine (C=N–C) groups is 1. The van der Waals surface area contributed by atoms with Gasteiger partial charge >= 0.3 is 0 Å². The molecule has 0 amide bonds. The highest BCUT2D eigenvalue weighted by molar-refractivity contribution is 5.79. The van der Waals surface area contributed by atoms with Crippen molar-refractivity contribution in [1.82, 2.24) is 10.6 Å². The standard InChI is InChI=1S/C15H25N3O3/c1-11-6-7-13(21-11)15(2,19)10-18-14(16-3)17-9-12-5-4-8-20-12/h6-7,12,19H,4-5,8-10H2,1-3H3,(H2,16,17,18). The molecule has 2 unspecified atom stereocenters. The van der Waals surface area contributed by atoms with Gasteiger partial charge in [-0.3, -0.25) is 4.99 Å². The van der Waals surface area contributed by atoms with Crippen molar-refractivity contribution in [2.75, 3.05) is 26.7 Å². The Morgan fingerprint density at radius 2 is 2.29 bits per heavy atom. The maximum atomic E-state index is 10.5. The average molecular weight is 295 g/mol. The van der Waals surface area contributed by atoms with Crippen LogP contribution in [-0.2, 0) is 10.3 Å². The van der Waals surface area contributed by atoms with Gasteiger partial charge in [0, 0.05) is 20.2 Å². The first-order valence-corrected chi connectivity index (χ1v) is 7.36. The molecule has 1 aromatic rings. The summed E-state index contributed by atoms with van der Waals surface area (Å²) in [6.45, 7) is 5.44. The van der Waals surface area contributed by atoms with Crippen LogP contribution in [0, 0.1) is 6.92 Å². The summed E-state index contributed by atoms with van der Waals surface area (Å²) in [4.78, 5) is 4.15. The molecule has 0 spiro atoms. The maximum absolute atomic E-state index is 10.5. The summed E-state index contributed by atoms with van der Waals surface area (Å²) in [5, 5.41) is 16.8. The predicted octanol–water partition coefficient (Wildman–Crippen LogP) is 1.14. The van der Waals surface area contributed by atoms with Crippen molar-refractivity contribution >= 4 is 5.96 Å². The smallest absolute Gasteiger partial charge is 0.191 e. The first-order valence-electron chi connectivity index (χ1n) is 7.36. The van der Waals surface area contributed by atoms with E-state index in [0.29, 0.717) is 18.3 Å². The van der Waals surface area contributed by atoms with E-state index in [1.54, 1.807) is 20.0 Å². The molecular formula is C15H25N3O3. The van der Waals surface area contributed by atoms with Gasteiger partial charge in [-0.25, -0.2) is 0 Å². The van der Waals surface area contributed by atoms with Gasteiger partial charge in [-0.05, 0) is 38.8 Å². The Bertz CT molecular complexity index is 476. The van der Waals surface area contributed by atoms with E-state index in [9.17, 15) is 5.11 Å². The van der Waals surface area contributed by atoms with E-state index < -0.39 is 5.60 Å². The minimum Gasteiger partial charge on any atom is -0.463 e. The Morgan fingerprint density at radius 1 is 1.48 bits per heavy atom. The third kappa shape index (κ3) is 4.47. The van der Waals surface area contributed by atoms with Gasteiger partial charge in [0.25, 0.3) is 0 Å². The summed E-state index contributed by atoms with van der Waals surface area (Å²) in [6, 6.07) is 3.63. The highest BCUT2D eigenvalue weighted by atomic mass is 16.5. The molecular weight excluding hydrogens is 270 g/mol. The molecule has 0 bridgehead atoms. The molecule has 2 atom stereocenters. The lowest BCUT2D eigenvalue weighted by atomic mass is 10.0. The molecule has 21 heavy (non-hydrogen) atoms. The van der Waals surface area contributed by atoms with Gasteiger partial charge in [0.2, 0.25) is 0 Å². The Morgan fingerprint density at radius 3 is 2.86 bits per heavy atom. The number of nitrogens with zero attached hydrogens (tertiary/aromatic N) is 1. The number of furan rings is 1. The zero-order chi connectivity index (χ0) is 15.3. The van der Waals surface area contributed by atoms with Gasteiger partial charge in [0.15, 0.2) is 5.96 Å². The van der Waals surface area contributed by atoms with Crippen molar-refractivity contribution in [3.05, 3.63) is 23.7 Å². The number of guanidine groups is 1. The van der Waals surface area contributed by atoms with Gasteiger partial charge < -0.3 is 24.9 Å². The van der Waals surface area contributed by atoms with Crippen molar-refractivity contribution in [2.45, 2.75) is 38.4 Å². The minimum atomic E-state index is -1.09. The van der Waals surface area contributed by atoms with E-state index in [2.05, 4.69) is 15.6 Å². The fraction of sp³-hybridized carbons (Fsp3) is 0.667. The molecule has 118 valence electrons. The number of aliphatic hydroxyl groups is 1. The van der Waals surface area contributed by atoms with Crippen molar-refractivity contribution < 1.29 is 14.3 Å². The van der Waals surface area contributed by atoms with Crippen LogP contribution in [0.2, 0.25) is 0 Å². The van der Waals surface area contributed by atoms with E-state index >= 15 is 0 Å². The molecule has 6 nitrogen and oxygen atoms in total. The lowest BCUT2D eigenvalue weighted by Crippen LogP contribution is -2.46. The first kappa shape index (κ1) is 15.9. The van der Waals surface area contributed by atoms with Crippen LogP contribution in [0.4, 0.5) is 0 Å². The fourth-order valence-corrected chi connectivity index (χ4v) is 2.30. The molecule has 0 aliphatic carbocycles.